The number of esters is 1. The van der Waals surface area contributed by atoms with E-state index in [0.29, 0.717) is 6.07 Å². The van der Waals surface area contributed by atoms with E-state index < -0.39 is 29.9 Å². The topological polar surface area (TPSA) is 70.3 Å². The van der Waals surface area contributed by atoms with E-state index >= 15 is 0 Å². The number of aliphatic hydroxyl groups is 1. The predicted octanol–water partition coefficient (Wildman–Crippen LogP) is 1.86. The summed E-state index contributed by atoms with van der Waals surface area (Å²) >= 11 is 0. The van der Waals surface area contributed by atoms with Crippen LogP contribution < -0.4 is 0 Å². The molecule has 1 aromatic rings. The molecule has 0 aliphatic carbocycles. The van der Waals surface area contributed by atoms with Crippen LogP contribution in [0.3, 0.4) is 0 Å². The Kier molecular flexibility index (Phi) is 3.93. The van der Waals surface area contributed by atoms with Crippen molar-refractivity contribution < 1.29 is 27.8 Å². The molecular weight excluding hydrogens is 251 g/mol. The van der Waals surface area contributed by atoms with Gasteiger partial charge >= 0.3 is 12.1 Å². The fraction of sp³-hybridized carbons (Fsp3) is 0.273. The van der Waals surface area contributed by atoms with E-state index in [4.69, 9.17) is 10.4 Å². The molecule has 0 heterocycles. The van der Waals surface area contributed by atoms with Crippen LogP contribution in [0.25, 0.3) is 0 Å². The average Bonchev–Trinajstić information content (AvgIpc) is 2.34. The molecule has 0 saturated heterocycles. The van der Waals surface area contributed by atoms with Crippen molar-refractivity contribution in [1.82, 2.24) is 0 Å². The smallest absolute Gasteiger partial charge is 0.417 e. The number of nitrogens with zero attached hydrogens (tertiary/aromatic N) is 1. The normalized spacial score (nSPS) is 10.9. The lowest BCUT2D eigenvalue weighted by molar-refractivity contribution is -0.138. The summed E-state index contributed by atoms with van der Waals surface area (Å²) in [5.41, 5.74) is -2.66. The highest BCUT2D eigenvalue weighted by Gasteiger charge is 2.37. The number of rotatable bonds is 2. The van der Waals surface area contributed by atoms with Gasteiger partial charge in [0.1, 0.15) is 0 Å². The largest absolute Gasteiger partial charge is 0.465 e. The van der Waals surface area contributed by atoms with Crippen molar-refractivity contribution in [3.05, 3.63) is 34.4 Å². The lowest BCUT2D eigenvalue weighted by Gasteiger charge is -2.14. The number of methoxy groups -OCH3 is 1. The van der Waals surface area contributed by atoms with Crippen LogP contribution in [0.15, 0.2) is 12.1 Å². The standard InChI is InChI=1S/C11H8F3NO3/c1-18-10(17)9-7(5-16)2-6(4-15)3-8(9)11(12,13)14/h2-3,16H,5H2,1H3. The van der Waals surface area contributed by atoms with Gasteiger partial charge in [-0.3, -0.25) is 0 Å². The van der Waals surface area contributed by atoms with Gasteiger partial charge in [-0.2, -0.15) is 18.4 Å². The second kappa shape index (κ2) is 5.06. The zero-order chi connectivity index (χ0) is 13.9. The molecule has 0 bridgehead atoms. The Bertz CT molecular complexity index is 517. The van der Waals surface area contributed by atoms with Crippen molar-refractivity contribution in [2.24, 2.45) is 0 Å². The minimum atomic E-state index is -4.82. The van der Waals surface area contributed by atoms with Crippen LogP contribution in [-0.2, 0) is 17.5 Å². The zero-order valence-corrected chi connectivity index (χ0v) is 9.21. The maximum absolute atomic E-state index is 12.8. The highest BCUT2D eigenvalue weighted by atomic mass is 19.4. The van der Waals surface area contributed by atoms with Crippen molar-refractivity contribution in [2.45, 2.75) is 12.8 Å². The van der Waals surface area contributed by atoms with E-state index in [1.54, 1.807) is 0 Å². The molecule has 0 saturated carbocycles. The highest BCUT2D eigenvalue weighted by molar-refractivity contribution is 5.93. The predicted molar refractivity (Wildman–Crippen MR) is 53.4 cm³/mol. The third kappa shape index (κ3) is 2.60. The van der Waals surface area contributed by atoms with Gasteiger partial charge < -0.3 is 9.84 Å². The monoisotopic (exact) mass is 259 g/mol. The van der Waals surface area contributed by atoms with Gasteiger partial charge in [0, 0.05) is 0 Å². The number of ether oxygens (including phenoxy) is 1. The SMILES string of the molecule is COC(=O)c1c(CO)cc(C#N)cc1C(F)(F)F. The molecule has 7 heteroatoms. The summed E-state index contributed by atoms with van der Waals surface area (Å²) in [5, 5.41) is 17.6. The van der Waals surface area contributed by atoms with Crippen LogP contribution in [0.5, 0.6) is 0 Å². The van der Waals surface area contributed by atoms with E-state index in [2.05, 4.69) is 4.74 Å². The molecule has 0 spiro atoms. The summed E-state index contributed by atoms with van der Waals surface area (Å²) < 4.78 is 42.6. The molecule has 4 nitrogen and oxygen atoms in total. The Hall–Kier alpha value is -2.07. The van der Waals surface area contributed by atoms with Gasteiger partial charge in [-0.1, -0.05) is 0 Å². The molecule has 1 N–H and O–H groups in total. The number of benzene rings is 1. The molecule has 0 aromatic heterocycles. The summed E-state index contributed by atoms with van der Waals surface area (Å²) in [6.45, 7) is -0.803. The fourth-order valence-corrected chi connectivity index (χ4v) is 1.46. The summed E-state index contributed by atoms with van der Waals surface area (Å²) in [4.78, 5) is 11.3. The van der Waals surface area contributed by atoms with Crippen LogP contribution >= 0.6 is 0 Å². The molecule has 18 heavy (non-hydrogen) atoms. The van der Waals surface area contributed by atoms with Crippen LogP contribution in [0.1, 0.15) is 27.0 Å². The molecule has 0 radical (unpaired) electrons. The maximum atomic E-state index is 12.8. The first-order valence-electron chi connectivity index (χ1n) is 4.68. The van der Waals surface area contributed by atoms with Gasteiger partial charge in [-0.15, -0.1) is 0 Å². The summed E-state index contributed by atoms with van der Waals surface area (Å²) in [5.74, 6) is -1.21. The molecule has 1 rings (SSSR count). The number of carbonyl (C=O) groups excluding carboxylic acids is 1. The third-order valence-corrected chi connectivity index (χ3v) is 2.21. The Morgan fingerprint density at radius 2 is 2.11 bits per heavy atom. The molecule has 1 aromatic carbocycles. The van der Waals surface area contributed by atoms with Crippen molar-refractivity contribution in [3.63, 3.8) is 0 Å². The Morgan fingerprint density at radius 1 is 1.50 bits per heavy atom. The van der Waals surface area contributed by atoms with Crippen LogP contribution in [0.4, 0.5) is 13.2 Å². The van der Waals surface area contributed by atoms with Crippen molar-refractivity contribution in [2.75, 3.05) is 7.11 Å². The lowest BCUT2D eigenvalue weighted by atomic mass is 9.97. The van der Waals surface area contributed by atoms with Crippen LogP contribution in [0.2, 0.25) is 0 Å². The van der Waals surface area contributed by atoms with E-state index in [1.165, 1.54) is 6.07 Å². The molecule has 0 unspecified atom stereocenters. The summed E-state index contributed by atoms with van der Waals surface area (Å²) in [6, 6.07) is 3.10. The maximum Gasteiger partial charge on any atom is 0.417 e. The average molecular weight is 259 g/mol. The van der Waals surface area contributed by atoms with Crippen molar-refractivity contribution >= 4 is 5.97 Å². The Labute approximate surface area is 100 Å². The molecule has 0 amide bonds. The van der Waals surface area contributed by atoms with E-state index in [-0.39, 0.29) is 11.1 Å². The second-order valence-corrected chi connectivity index (χ2v) is 3.32. The number of hydrogen-bond acceptors (Lipinski definition) is 4. The van der Waals surface area contributed by atoms with Gasteiger partial charge in [0.05, 0.1) is 36.5 Å². The first-order chi connectivity index (χ1) is 8.35. The molecule has 0 aliphatic heterocycles. The lowest BCUT2D eigenvalue weighted by Crippen LogP contribution is -2.17. The third-order valence-electron chi connectivity index (χ3n) is 2.21. The number of aliphatic hydroxyl groups excluding tert-OH is 1. The van der Waals surface area contributed by atoms with Crippen LogP contribution in [0, 0.1) is 11.3 Å². The van der Waals surface area contributed by atoms with Gasteiger partial charge in [-0.25, -0.2) is 4.79 Å². The number of carbonyl (C=O) groups is 1. The number of halogens is 3. The Balaban J connectivity index is 3.64. The number of nitriles is 1. The molecule has 96 valence electrons. The highest BCUT2D eigenvalue weighted by Crippen LogP contribution is 2.34. The van der Waals surface area contributed by atoms with Gasteiger partial charge in [-0.05, 0) is 17.7 Å². The number of hydrogen-bond donors (Lipinski definition) is 1. The quantitative estimate of drug-likeness (QED) is 0.823. The zero-order valence-electron chi connectivity index (χ0n) is 9.21. The molecular formula is C11H8F3NO3. The fourth-order valence-electron chi connectivity index (χ4n) is 1.46. The molecule has 0 fully saturated rings. The minimum Gasteiger partial charge on any atom is -0.465 e. The van der Waals surface area contributed by atoms with Gasteiger partial charge in [0.15, 0.2) is 0 Å². The van der Waals surface area contributed by atoms with Crippen molar-refractivity contribution in [1.29, 1.82) is 5.26 Å². The summed E-state index contributed by atoms with van der Waals surface area (Å²) in [7, 11) is 0.932. The summed E-state index contributed by atoms with van der Waals surface area (Å²) in [6.07, 6.45) is -4.82. The van der Waals surface area contributed by atoms with Crippen LogP contribution in [-0.4, -0.2) is 18.2 Å². The first-order valence-corrected chi connectivity index (χ1v) is 4.68. The van der Waals surface area contributed by atoms with Gasteiger partial charge in [0.25, 0.3) is 0 Å². The van der Waals surface area contributed by atoms with E-state index in [9.17, 15) is 18.0 Å². The minimum absolute atomic E-state index is 0.293. The van der Waals surface area contributed by atoms with E-state index in [1.807, 2.05) is 0 Å². The second-order valence-electron chi connectivity index (χ2n) is 3.32. The van der Waals surface area contributed by atoms with Gasteiger partial charge in [0.2, 0.25) is 0 Å². The molecule has 0 atom stereocenters. The number of alkyl halides is 3. The molecule has 0 aliphatic rings. The van der Waals surface area contributed by atoms with Crippen molar-refractivity contribution in [3.8, 4) is 6.07 Å². The first kappa shape index (κ1) is 14.0. The Morgan fingerprint density at radius 3 is 2.50 bits per heavy atom. The van der Waals surface area contributed by atoms with E-state index in [0.717, 1.165) is 13.2 Å².